The van der Waals surface area contributed by atoms with Gasteiger partial charge in [0.2, 0.25) is 0 Å². The number of carbonyl (C=O) groups is 2. The number of rotatable bonds is 8. The number of aliphatic hydroxyl groups excluding tert-OH is 3. The zero-order valence-corrected chi connectivity index (χ0v) is 34.5. The van der Waals surface area contributed by atoms with Crippen LogP contribution >= 0.6 is 0 Å². The second-order valence-electron chi connectivity index (χ2n) is 19.3. The monoisotopic (exact) mass is 806 g/mol. The summed E-state index contributed by atoms with van der Waals surface area (Å²) in [5, 5.41) is 45.4. The van der Waals surface area contributed by atoms with Crippen LogP contribution in [0.1, 0.15) is 119 Å². The van der Waals surface area contributed by atoms with Crippen molar-refractivity contribution >= 4 is 11.9 Å². The van der Waals surface area contributed by atoms with E-state index in [9.17, 15) is 30.0 Å². The molecule has 322 valence electrons. The van der Waals surface area contributed by atoms with E-state index in [4.69, 9.17) is 37.9 Å². The van der Waals surface area contributed by atoms with E-state index in [2.05, 4.69) is 13.8 Å². The van der Waals surface area contributed by atoms with Gasteiger partial charge in [0.1, 0.15) is 31.0 Å². The summed E-state index contributed by atoms with van der Waals surface area (Å²) >= 11 is 0. The molecule has 0 radical (unpaired) electrons. The summed E-state index contributed by atoms with van der Waals surface area (Å²) < 4.78 is 47.8. The molecule has 20 atom stereocenters. The average Bonchev–Trinajstić information content (AvgIpc) is 3.69. The molecule has 8 aliphatic rings. The molecule has 4 heterocycles. The van der Waals surface area contributed by atoms with Gasteiger partial charge in [-0.25, -0.2) is 4.79 Å². The zero-order chi connectivity index (χ0) is 40.6. The standard InChI is InChI=1S/C43H66O14/c1-21-38(48)33(54-24(4)44)19-37(51-21)57-40-23(3)53-36(18-32(40)46)56-39-22(2)52-35(17-31(39)45)55-27-9-12-41(5)26(16-27)7-8-30-29(41)10-13-42(6)28(11-14-43(30,42)49)25-15-34(47)50-20-25/h15,21-23,26-33,35-40,45-46,48-49H,7-14,16-20H2,1-6H3/t21-,22-,23-,26-,27+,28-,29+,30-,31+,32+,33+,35+,36+,37+,38-,39-,40-,41+,42-,43+/m1/s1. The van der Waals surface area contributed by atoms with E-state index in [1.165, 1.54) is 6.92 Å². The van der Waals surface area contributed by atoms with Crippen LogP contribution in [-0.4, -0.2) is 124 Å². The van der Waals surface area contributed by atoms with Crippen molar-refractivity contribution in [2.24, 2.45) is 34.5 Å². The van der Waals surface area contributed by atoms with Gasteiger partial charge in [-0.2, -0.15) is 0 Å². The summed E-state index contributed by atoms with van der Waals surface area (Å²) in [6.07, 6.45) is 1.76. The first kappa shape index (κ1) is 42.0. The highest BCUT2D eigenvalue weighted by molar-refractivity contribution is 5.85. The SMILES string of the molecule is CC(=O)O[C@H]1C[C@H](O[C@H]2[C@@H](O)C[C@H](O[C@H]3[C@@H](O)C[C@H](O[C@H]4CC[C@@]5(C)[C@H](CC[C@@H]6[C@@H]5CC[C@]5(C)[C@@H](C7=CC(=O)OC7)CC[C@]65O)C4)O[C@@H]3C)O[C@@H]2C)O[C@H](C)[C@H]1O. The van der Waals surface area contributed by atoms with Gasteiger partial charge in [-0.1, -0.05) is 13.8 Å². The number of carbonyl (C=O) groups excluding carboxylic acids is 2. The fourth-order valence-electron chi connectivity index (χ4n) is 13.1. The van der Waals surface area contributed by atoms with Gasteiger partial charge in [-0.3, -0.25) is 4.79 Å². The van der Waals surface area contributed by atoms with E-state index in [0.717, 1.165) is 63.4 Å². The average molecular weight is 807 g/mol. The fraction of sp³-hybridized carbons (Fsp3) is 0.907. The van der Waals surface area contributed by atoms with Crippen molar-refractivity contribution in [2.45, 2.75) is 204 Å². The van der Waals surface area contributed by atoms with Gasteiger partial charge >= 0.3 is 11.9 Å². The Morgan fingerprint density at radius 3 is 2.00 bits per heavy atom. The highest BCUT2D eigenvalue weighted by atomic mass is 16.7. The second-order valence-corrected chi connectivity index (χ2v) is 19.3. The van der Waals surface area contributed by atoms with Crippen molar-refractivity contribution in [3.05, 3.63) is 11.6 Å². The molecule has 8 rings (SSSR count). The van der Waals surface area contributed by atoms with Gasteiger partial charge < -0.3 is 58.3 Å². The third-order valence-electron chi connectivity index (χ3n) is 16.2. The van der Waals surface area contributed by atoms with Gasteiger partial charge in [0.05, 0.1) is 42.2 Å². The minimum atomic E-state index is -0.992. The molecular formula is C43H66O14. The maximum absolute atomic E-state index is 12.6. The number of hydrogen-bond donors (Lipinski definition) is 4. The number of aliphatic hydroxyl groups is 4. The largest absolute Gasteiger partial charge is 0.459 e. The molecule has 0 aromatic rings. The van der Waals surface area contributed by atoms with Crippen molar-refractivity contribution in [3.8, 4) is 0 Å². The van der Waals surface area contributed by atoms with Crippen LogP contribution in [0.4, 0.5) is 0 Å². The Labute approximate surface area is 336 Å². The lowest BCUT2D eigenvalue weighted by Gasteiger charge is -2.64. The summed E-state index contributed by atoms with van der Waals surface area (Å²) in [5.41, 5.74) is 0.189. The molecule has 14 heteroatoms. The maximum atomic E-state index is 12.6. The lowest BCUT2D eigenvalue weighted by Crippen LogP contribution is -2.62. The van der Waals surface area contributed by atoms with Gasteiger partial charge in [0.25, 0.3) is 0 Å². The fourth-order valence-corrected chi connectivity index (χ4v) is 13.1. The molecule has 0 spiro atoms. The molecule has 14 nitrogen and oxygen atoms in total. The summed E-state index contributed by atoms with van der Waals surface area (Å²) in [5.74, 6) is 0.591. The minimum absolute atomic E-state index is 0.0134. The Balaban J connectivity index is 0.819. The Kier molecular flexibility index (Phi) is 11.8. The quantitative estimate of drug-likeness (QED) is 0.205. The lowest BCUT2D eigenvalue weighted by atomic mass is 9.43. The molecule has 4 aliphatic carbocycles. The Morgan fingerprint density at radius 2 is 1.39 bits per heavy atom. The maximum Gasteiger partial charge on any atom is 0.331 e. The van der Waals surface area contributed by atoms with Crippen molar-refractivity contribution in [1.82, 2.24) is 0 Å². The lowest BCUT2D eigenvalue weighted by molar-refractivity contribution is -0.336. The van der Waals surface area contributed by atoms with Crippen LogP contribution in [0.2, 0.25) is 0 Å². The third-order valence-corrected chi connectivity index (χ3v) is 16.2. The topological polar surface area (TPSA) is 189 Å². The van der Waals surface area contributed by atoms with Crippen molar-refractivity contribution in [1.29, 1.82) is 0 Å². The van der Waals surface area contributed by atoms with E-state index in [1.807, 2.05) is 6.92 Å². The van der Waals surface area contributed by atoms with Crippen LogP contribution < -0.4 is 0 Å². The third kappa shape index (κ3) is 7.65. The molecule has 0 amide bonds. The van der Waals surface area contributed by atoms with Crippen LogP contribution in [0.15, 0.2) is 11.6 Å². The first-order valence-electron chi connectivity index (χ1n) is 21.7. The summed E-state index contributed by atoms with van der Waals surface area (Å²) in [6.45, 7) is 11.7. The molecule has 3 saturated heterocycles. The van der Waals surface area contributed by atoms with Crippen molar-refractivity contribution < 1.29 is 67.9 Å². The number of ether oxygens (including phenoxy) is 8. The second kappa shape index (κ2) is 16.0. The molecule has 4 saturated carbocycles. The molecule has 0 aromatic carbocycles. The highest BCUT2D eigenvalue weighted by Gasteiger charge is 2.68. The Morgan fingerprint density at radius 1 is 0.754 bits per heavy atom. The van der Waals surface area contributed by atoms with E-state index in [1.54, 1.807) is 19.9 Å². The van der Waals surface area contributed by atoms with Gasteiger partial charge in [0, 0.05) is 37.7 Å². The number of fused-ring (bicyclic) bond motifs is 5. The molecule has 57 heavy (non-hydrogen) atoms. The summed E-state index contributed by atoms with van der Waals surface area (Å²) in [7, 11) is 0. The molecule has 4 N–H and O–H groups in total. The van der Waals surface area contributed by atoms with Crippen molar-refractivity contribution in [2.75, 3.05) is 6.61 Å². The summed E-state index contributed by atoms with van der Waals surface area (Å²) in [6, 6.07) is 0. The van der Waals surface area contributed by atoms with Gasteiger partial charge in [0.15, 0.2) is 18.9 Å². The minimum Gasteiger partial charge on any atom is -0.459 e. The van der Waals surface area contributed by atoms with Crippen LogP contribution in [0.3, 0.4) is 0 Å². The molecule has 4 aliphatic heterocycles. The van der Waals surface area contributed by atoms with Crippen LogP contribution in [-0.2, 0) is 47.5 Å². The van der Waals surface area contributed by atoms with Gasteiger partial charge in [-0.05, 0) is 113 Å². The Hall–Kier alpha value is -1.72. The molecule has 0 bridgehead atoms. The van der Waals surface area contributed by atoms with Crippen LogP contribution in [0, 0.1) is 34.5 Å². The number of esters is 2. The van der Waals surface area contributed by atoms with Gasteiger partial charge in [-0.15, -0.1) is 0 Å². The molecule has 0 unspecified atom stereocenters. The molecular weight excluding hydrogens is 740 g/mol. The smallest absolute Gasteiger partial charge is 0.331 e. The first-order chi connectivity index (χ1) is 27.0. The van der Waals surface area contributed by atoms with Crippen molar-refractivity contribution in [3.63, 3.8) is 0 Å². The van der Waals surface area contributed by atoms with Crippen LogP contribution in [0.25, 0.3) is 0 Å². The predicted molar refractivity (Wildman–Crippen MR) is 201 cm³/mol. The van der Waals surface area contributed by atoms with E-state index in [-0.39, 0.29) is 54.0 Å². The highest BCUT2D eigenvalue weighted by Crippen LogP contribution is 2.70. The van der Waals surface area contributed by atoms with E-state index >= 15 is 0 Å². The van der Waals surface area contributed by atoms with E-state index in [0.29, 0.717) is 18.4 Å². The number of hydrogen-bond acceptors (Lipinski definition) is 14. The summed E-state index contributed by atoms with van der Waals surface area (Å²) in [4.78, 5) is 23.5. The van der Waals surface area contributed by atoms with Crippen LogP contribution in [0.5, 0.6) is 0 Å². The predicted octanol–water partition coefficient (Wildman–Crippen LogP) is 3.82. The molecule has 7 fully saturated rings. The van der Waals surface area contributed by atoms with E-state index < -0.39 is 85.4 Å². The zero-order valence-electron chi connectivity index (χ0n) is 34.5. The molecule has 0 aromatic heterocycles. The number of cyclic esters (lactones) is 1. The first-order valence-corrected chi connectivity index (χ1v) is 21.7. The normalized spacial score (nSPS) is 52.6. The Bertz CT molecular complexity index is 1500.